The van der Waals surface area contributed by atoms with Crippen molar-refractivity contribution in [3.63, 3.8) is 0 Å². The molecular weight excluding hydrogens is 430 g/mol. The van der Waals surface area contributed by atoms with E-state index in [9.17, 15) is 14.9 Å². The zero-order valence-electron chi connectivity index (χ0n) is 18.8. The van der Waals surface area contributed by atoms with E-state index in [0.29, 0.717) is 28.9 Å². The number of aromatic amines is 1. The van der Waals surface area contributed by atoms with Crippen LogP contribution in [0.15, 0.2) is 59.4 Å². The lowest BCUT2D eigenvalue weighted by molar-refractivity contribution is -0.119. The molecule has 34 heavy (non-hydrogen) atoms. The van der Waals surface area contributed by atoms with Crippen molar-refractivity contribution >= 4 is 17.7 Å². The quantitative estimate of drug-likeness (QED) is 0.615. The molecule has 2 atom stereocenters. The maximum absolute atomic E-state index is 13.3. The minimum Gasteiger partial charge on any atom is -0.457 e. The number of hydrogen-bond acceptors (Lipinski definition) is 6. The Labute approximate surface area is 197 Å². The van der Waals surface area contributed by atoms with Crippen molar-refractivity contribution in [2.45, 2.75) is 25.7 Å². The summed E-state index contributed by atoms with van der Waals surface area (Å²) < 4.78 is 5.94. The third kappa shape index (κ3) is 4.13. The third-order valence-electron chi connectivity index (χ3n) is 6.53. The first kappa shape index (κ1) is 21.7. The number of nitrogens with one attached hydrogen (secondary N) is 2. The van der Waals surface area contributed by atoms with Gasteiger partial charge in [-0.2, -0.15) is 10.2 Å². The Bertz CT molecular complexity index is 1310. The number of piperidine rings is 1. The number of anilines is 2. The van der Waals surface area contributed by atoms with Crippen molar-refractivity contribution in [3.05, 3.63) is 76.1 Å². The number of ether oxygens (including phenoxy) is 1. The molecular formula is C26H25N5O3. The minimum absolute atomic E-state index is 0.216. The number of amides is 1. The predicted molar refractivity (Wildman–Crippen MR) is 128 cm³/mol. The average molecular weight is 456 g/mol. The third-order valence-corrected chi connectivity index (χ3v) is 6.53. The highest BCUT2D eigenvalue weighted by molar-refractivity contribution is 5.98. The van der Waals surface area contributed by atoms with E-state index in [0.717, 1.165) is 25.9 Å². The summed E-state index contributed by atoms with van der Waals surface area (Å²) in [4.78, 5) is 35.7. The molecule has 0 aliphatic carbocycles. The molecule has 1 amide bonds. The van der Waals surface area contributed by atoms with Crippen LogP contribution < -0.4 is 20.5 Å². The van der Waals surface area contributed by atoms with E-state index in [-0.39, 0.29) is 16.9 Å². The molecule has 2 aromatic carbocycles. The Morgan fingerprint density at radius 3 is 2.53 bits per heavy atom. The van der Waals surface area contributed by atoms with Gasteiger partial charge in [0.2, 0.25) is 11.9 Å². The van der Waals surface area contributed by atoms with Crippen LogP contribution >= 0.6 is 0 Å². The minimum atomic E-state index is -1.07. The summed E-state index contributed by atoms with van der Waals surface area (Å²) in [6, 6.07) is 18.6. The maximum Gasteiger partial charge on any atom is 0.258 e. The van der Waals surface area contributed by atoms with Crippen molar-refractivity contribution in [2.24, 2.45) is 11.8 Å². The molecule has 1 aromatic heterocycles. The summed E-state index contributed by atoms with van der Waals surface area (Å²) in [6.45, 7) is 3.79. The van der Waals surface area contributed by atoms with Gasteiger partial charge in [0, 0.05) is 19.0 Å². The normalized spacial score (nSPS) is 20.2. The number of rotatable bonds is 4. The number of nitrogens with zero attached hydrogens (tertiary/aromatic N) is 3. The van der Waals surface area contributed by atoms with Crippen molar-refractivity contribution in [3.8, 4) is 17.6 Å². The Morgan fingerprint density at radius 2 is 1.79 bits per heavy atom. The van der Waals surface area contributed by atoms with Gasteiger partial charge in [0.1, 0.15) is 23.2 Å². The van der Waals surface area contributed by atoms with Gasteiger partial charge >= 0.3 is 0 Å². The van der Waals surface area contributed by atoms with Gasteiger partial charge in [0.15, 0.2) is 0 Å². The number of nitriles is 1. The number of H-pyrrole nitrogens is 1. The summed E-state index contributed by atoms with van der Waals surface area (Å²) in [6.07, 6.45) is 2.03. The lowest BCUT2D eigenvalue weighted by Gasteiger charge is -2.33. The van der Waals surface area contributed by atoms with Gasteiger partial charge in [0.05, 0.1) is 11.6 Å². The summed E-state index contributed by atoms with van der Waals surface area (Å²) in [5.41, 5.74) is 0.582. The van der Waals surface area contributed by atoms with E-state index in [1.54, 1.807) is 24.3 Å². The van der Waals surface area contributed by atoms with Crippen LogP contribution in [0.4, 0.5) is 11.8 Å². The summed E-state index contributed by atoms with van der Waals surface area (Å²) in [7, 11) is 0. The van der Waals surface area contributed by atoms with Gasteiger partial charge in [-0.05, 0) is 48.6 Å². The molecule has 3 aromatic rings. The number of hydrogen-bond donors (Lipinski definition) is 2. The molecule has 1 fully saturated rings. The molecule has 0 bridgehead atoms. The van der Waals surface area contributed by atoms with Gasteiger partial charge in [-0.15, -0.1) is 0 Å². The van der Waals surface area contributed by atoms with Crippen LogP contribution in [0.3, 0.4) is 0 Å². The van der Waals surface area contributed by atoms with Crippen LogP contribution in [0.25, 0.3) is 0 Å². The van der Waals surface area contributed by atoms with Crippen LogP contribution in [0, 0.1) is 23.2 Å². The van der Waals surface area contributed by atoms with Crippen LogP contribution in [-0.2, 0) is 4.79 Å². The highest BCUT2D eigenvalue weighted by Crippen LogP contribution is 2.39. The van der Waals surface area contributed by atoms with Crippen LogP contribution in [-0.4, -0.2) is 29.0 Å². The van der Waals surface area contributed by atoms with Crippen molar-refractivity contribution in [2.75, 3.05) is 23.3 Å². The van der Waals surface area contributed by atoms with Crippen LogP contribution in [0.2, 0.25) is 0 Å². The second-order valence-electron chi connectivity index (χ2n) is 8.88. The van der Waals surface area contributed by atoms with Crippen molar-refractivity contribution < 1.29 is 9.53 Å². The molecule has 0 spiro atoms. The second-order valence-corrected chi connectivity index (χ2v) is 8.88. The zero-order chi connectivity index (χ0) is 23.7. The summed E-state index contributed by atoms with van der Waals surface area (Å²) >= 11 is 0. The average Bonchev–Trinajstić information content (AvgIpc) is 2.84. The summed E-state index contributed by atoms with van der Waals surface area (Å²) in [5.74, 6) is 0.218. The molecule has 172 valence electrons. The standard InChI is InChI=1S/C26H25N5O3/c1-16-10-12-31(13-11-16)26-29-23-22(25(33)30-26)21(20(15-27)24(32)28-23)17-6-5-9-19(14-17)34-18-7-3-2-4-8-18/h2-9,14,16,20-21H,10-13H2,1H3,(H2,28,29,30,32,33). The molecule has 2 N–H and O–H groups in total. The number of aromatic nitrogens is 2. The van der Waals surface area contributed by atoms with Gasteiger partial charge < -0.3 is 15.0 Å². The highest BCUT2D eigenvalue weighted by atomic mass is 16.5. The number of fused-ring (bicyclic) bond motifs is 1. The molecule has 3 heterocycles. The van der Waals surface area contributed by atoms with Gasteiger partial charge in [-0.25, -0.2) is 0 Å². The molecule has 0 radical (unpaired) electrons. The number of para-hydroxylation sites is 1. The first-order valence-electron chi connectivity index (χ1n) is 11.5. The SMILES string of the molecule is CC1CCN(c2nc3c(c(=O)[nH]2)C(c2cccc(Oc4ccccc4)c2)C(C#N)C(=O)N3)CC1. The van der Waals surface area contributed by atoms with Crippen molar-refractivity contribution in [1.82, 2.24) is 9.97 Å². The molecule has 0 saturated carbocycles. The van der Waals surface area contributed by atoms with Crippen LogP contribution in [0.5, 0.6) is 11.5 Å². The molecule has 8 nitrogen and oxygen atoms in total. The number of carbonyl (C=O) groups is 1. The molecule has 5 rings (SSSR count). The highest BCUT2D eigenvalue weighted by Gasteiger charge is 2.40. The fraction of sp³-hybridized carbons (Fsp3) is 0.308. The van der Waals surface area contributed by atoms with Crippen LogP contribution in [0.1, 0.15) is 36.8 Å². The Morgan fingerprint density at radius 1 is 1.06 bits per heavy atom. The molecule has 1 saturated heterocycles. The largest absolute Gasteiger partial charge is 0.457 e. The van der Waals surface area contributed by atoms with E-state index < -0.39 is 17.7 Å². The monoisotopic (exact) mass is 455 g/mol. The van der Waals surface area contributed by atoms with E-state index >= 15 is 0 Å². The first-order valence-corrected chi connectivity index (χ1v) is 11.5. The summed E-state index contributed by atoms with van der Waals surface area (Å²) in [5, 5.41) is 12.5. The van der Waals surface area contributed by atoms with E-state index in [1.807, 2.05) is 35.2 Å². The van der Waals surface area contributed by atoms with E-state index in [2.05, 4.69) is 28.3 Å². The lowest BCUT2D eigenvalue weighted by Crippen LogP contribution is -2.40. The first-order chi connectivity index (χ1) is 16.5. The predicted octanol–water partition coefficient (Wildman–Crippen LogP) is 4.02. The van der Waals surface area contributed by atoms with Gasteiger partial charge in [-0.3, -0.25) is 14.6 Å². The maximum atomic E-state index is 13.3. The molecule has 2 aliphatic heterocycles. The lowest BCUT2D eigenvalue weighted by atomic mass is 9.79. The van der Waals surface area contributed by atoms with Gasteiger partial charge in [-0.1, -0.05) is 37.3 Å². The van der Waals surface area contributed by atoms with Gasteiger partial charge in [0.25, 0.3) is 5.56 Å². The fourth-order valence-electron chi connectivity index (χ4n) is 4.63. The molecule has 2 unspecified atom stereocenters. The van der Waals surface area contributed by atoms with E-state index in [1.165, 1.54) is 0 Å². The second kappa shape index (κ2) is 9.02. The Hall–Kier alpha value is -4.12. The van der Waals surface area contributed by atoms with Crippen molar-refractivity contribution in [1.29, 1.82) is 5.26 Å². The topological polar surface area (TPSA) is 111 Å². The Balaban J connectivity index is 1.54. The Kier molecular flexibility index (Phi) is 5.76. The molecule has 8 heteroatoms. The van der Waals surface area contributed by atoms with E-state index in [4.69, 9.17) is 4.74 Å². The number of carbonyl (C=O) groups excluding carboxylic acids is 1. The molecule has 2 aliphatic rings. The number of benzene rings is 2. The zero-order valence-corrected chi connectivity index (χ0v) is 18.8. The fourth-order valence-corrected chi connectivity index (χ4v) is 4.63. The smallest absolute Gasteiger partial charge is 0.258 e.